The number of hydrogen-bond donors (Lipinski definition) is 1. The number of ether oxygens (including phenoxy) is 2. The van der Waals surface area contributed by atoms with E-state index in [4.69, 9.17) is 19.3 Å². The second-order valence-electron chi connectivity index (χ2n) is 10.2. The predicted octanol–water partition coefficient (Wildman–Crippen LogP) is 5.35. The monoisotopic (exact) mass is 491 g/mol. The Kier molecular flexibility index (Phi) is 7.80. The summed E-state index contributed by atoms with van der Waals surface area (Å²) in [5, 5.41) is 24.2. The minimum atomic E-state index is -0.481. The largest absolute Gasteiger partial charge is 0.489 e. The number of aromatic nitrogens is 1. The predicted molar refractivity (Wildman–Crippen MR) is 134 cm³/mol. The van der Waals surface area contributed by atoms with E-state index in [1.165, 1.54) is 0 Å². The quantitative estimate of drug-likeness (QED) is 0.474. The van der Waals surface area contributed by atoms with Crippen LogP contribution in [0.5, 0.6) is 5.75 Å². The number of carbonyl (C=O) groups excluding carboxylic acids is 1. The van der Waals surface area contributed by atoms with Crippen LogP contribution in [-0.4, -0.2) is 39.9 Å². The van der Waals surface area contributed by atoms with Gasteiger partial charge in [-0.15, -0.1) is 0 Å². The average Bonchev–Trinajstić information content (AvgIpc) is 3.28. The van der Waals surface area contributed by atoms with Crippen molar-refractivity contribution in [3.63, 3.8) is 0 Å². The third kappa shape index (κ3) is 6.16. The van der Waals surface area contributed by atoms with E-state index in [0.29, 0.717) is 41.5 Å². The number of benzene rings is 2. The number of piperidine rings is 1. The van der Waals surface area contributed by atoms with E-state index >= 15 is 0 Å². The Morgan fingerprint density at radius 1 is 1.19 bits per heavy atom. The van der Waals surface area contributed by atoms with Gasteiger partial charge < -0.3 is 24.0 Å². The van der Waals surface area contributed by atoms with Crippen LogP contribution in [-0.2, 0) is 24.4 Å². The number of nitrogens with zero attached hydrogens (tertiary/aromatic N) is 3. The van der Waals surface area contributed by atoms with Gasteiger partial charge in [0.25, 0.3) is 0 Å². The third-order valence-electron chi connectivity index (χ3n) is 6.51. The van der Waals surface area contributed by atoms with Gasteiger partial charge in [0.15, 0.2) is 5.58 Å². The molecule has 1 aliphatic heterocycles. The van der Waals surface area contributed by atoms with Crippen molar-refractivity contribution in [2.45, 2.75) is 65.3 Å². The van der Waals surface area contributed by atoms with Crippen LogP contribution < -0.4 is 4.74 Å². The molecule has 8 nitrogen and oxygen atoms in total. The number of nitriles is 1. The molecule has 0 aliphatic carbocycles. The zero-order valence-electron chi connectivity index (χ0n) is 21.1. The minimum Gasteiger partial charge on any atom is -0.489 e. The number of amides is 1. The van der Waals surface area contributed by atoms with E-state index < -0.39 is 5.60 Å². The molecule has 36 heavy (non-hydrogen) atoms. The Morgan fingerprint density at radius 2 is 1.92 bits per heavy atom. The van der Waals surface area contributed by atoms with Crippen molar-refractivity contribution in [2.75, 3.05) is 13.1 Å². The summed E-state index contributed by atoms with van der Waals surface area (Å²) in [4.78, 5) is 14.1. The molecular formula is C28H33N3O5. The number of rotatable bonds is 7. The molecule has 8 heteroatoms. The number of carbonyl (C=O) groups is 1. The van der Waals surface area contributed by atoms with Crippen molar-refractivity contribution in [3.8, 4) is 11.8 Å². The van der Waals surface area contributed by atoms with E-state index in [1.807, 2.05) is 32.9 Å². The van der Waals surface area contributed by atoms with Gasteiger partial charge in [0, 0.05) is 24.0 Å². The zero-order chi connectivity index (χ0) is 25.7. The van der Waals surface area contributed by atoms with Crippen molar-refractivity contribution < 1.29 is 23.9 Å². The van der Waals surface area contributed by atoms with E-state index in [1.54, 1.807) is 29.2 Å². The molecule has 1 fully saturated rings. The van der Waals surface area contributed by atoms with Gasteiger partial charge in [0.1, 0.15) is 18.0 Å². The molecule has 1 N–H and O–H groups in total. The Balaban J connectivity index is 1.35. The van der Waals surface area contributed by atoms with Crippen LogP contribution in [0.2, 0.25) is 0 Å². The highest BCUT2D eigenvalue weighted by Crippen LogP contribution is 2.30. The summed E-state index contributed by atoms with van der Waals surface area (Å²) in [5.41, 5.74) is 3.06. The lowest BCUT2D eigenvalue weighted by atomic mass is 9.91. The van der Waals surface area contributed by atoms with Gasteiger partial charge in [-0.2, -0.15) is 5.26 Å². The van der Waals surface area contributed by atoms with Crippen LogP contribution in [0.25, 0.3) is 11.0 Å². The lowest BCUT2D eigenvalue weighted by molar-refractivity contribution is 0.0181. The van der Waals surface area contributed by atoms with Crippen molar-refractivity contribution in [1.29, 1.82) is 5.26 Å². The smallest absolute Gasteiger partial charge is 0.410 e. The number of aliphatic hydroxyl groups excluding tert-OH is 1. The van der Waals surface area contributed by atoms with Crippen LogP contribution in [0, 0.1) is 17.2 Å². The molecule has 2 heterocycles. The molecule has 0 spiro atoms. The molecule has 190 valence electrons. The first-order valence-corrected chi connectivity index (χ1v) is 12.4. The Hall–Kier alpha value is -3.57. The van der Waals surface area contributed by atoms with Crippen molar-refractivity contribution >= 4 is 17.1 Å². The molecule has 4 rings (SSSR count). The second-order valence-corrected chi connectivity index (χ2v) is 10.2. The summed E-state index contributed by atoms with van der Waals surface area (Å²) in [5.74, 6) is 1.15. The van der Waals surface area contributed by atoms with E-state index in [-0.39, 0.29) is 19.3 Å². The lowest BCUT2D eigenvalue weighted by Gasteiger charge is -2.33. The molecule has 1 aromatic heterocycles. The summed E-state index contributed by atoms with van der Waals surface area (Å²) in [6, 6.07) is 12.9. The van der Waals surface area contributed by atoms with Gasteiger partial charge in [-0.1, -0.05) is 11.2 Å². The molecule has 0 bridgehead atoms. The fourth-order valence-electron chi connectivity index (χ4n) is 4.50. The maximum Gasteiger partial charge on any atom is 0.410 e. The number of fused-ring (bicyclic) bond motifs is 1. The molecule has 0 unspecified atom stereocenters. The third-order valence-corrected chi connectivity index (χ3v) is 6.51. The Morgan fingerprint density at radius 3 is 2.56 bits per heavy atom. The van der Waals surface area contributed by atoms with Crippen molar-refractivity contribution in [2.24, 2.45) is 5.92 Å². The molecule has 1 saturated heterocycles. The average molecular weight is 492 g/mol. The molecule has 0 radical (unpaired) electrons. The summed E-state index contributed by atoms with van der Waals surface area (Å²) < 4.78 is 17.0. The summed E-state index contributed by atoms with van der Waals surface area (Å²) >= 11 is 0. The summed E-state index contributed by atoms with van der Waals surface area (Å²) in [6.07, 6.45) is 3.37. The van der Waals surface area contributed by atoms with Crippen LogP contribution in [0.15, 0.2) is 40.9 Å². The van der Waals surface area contributed by atoms with Gasteiger partial charge in [-0.25, -0.2) is 4.79 Å². The van der Waals surface area contributed by atoms with Crippen molar-refractivity contribution in [1.82, 2.24) is 10.1 Å². The first-order valence-electron chi connectivity index (χ1n) is 12.4. The number of aryl methyl sites for hydroxylation is 1. The highest BCUT2D eigenvalue weighted by molar-refractivity contribution is 5.83. The van der Waals surface area contributed by atoms with E-state index in [9.17, 15) is 9.90 Å². The molecule has 0 saturated carbocycles. The van der Waals surface area contributed by atoms with Crippen LogP contribution >= 0.6 is 0 Å². The van der Waals surface area contributed by atoms with Gasteiger partial charge in [-0.05, 0) is 88.3 Å². The van der Waals surface area contributed by atoms with Crippen LogP contribution in [0.3, 0.4) is 0 Å². The first-order chi connectivity index (χ1) is 17.3. The molecule has 1 aliphatic rings. The van der Waals surface area contributed by atoms with Crippen molar-refractivity contribution in [3.05, 3.63) is 58.8 Å². The Labute approximate surface area is 211 Å². The fourth-order valence-corrected chi connectivity index (χ4v) is 4.50. The maximum atomic E-state index is 12.3. The molecule has 1 amide bonds. The molecule has 3 aromatic rings. The fraction of sp³-hybridized carbons (Fsp3) is 0.464. The molecule has 0 atom stereocenters. The number of aliphatic hydroxyl groups is 1. The van der Waals surface area contributed by atoms with E-state index in [0.717, 1.165) is 42.3 Å². The molecular weight excluding hydrogens is 458 g/mol. The van der Waals surface area contributed by atoms with Gasteiger partial charge in [0.2, 0.25) is 0 Å². The zero-order valence-corrected chi connectivity index (χ0v) is 21.1. The normalized spacial score (nSPS) is 14.6. The molecule has 2 aromatic carbocycles. The highest BCUT2D eigenvalue weighted by Gasteiger charge is 2.27. The van der Waals surface area contributed by atoms with Gasteiger partial charge >= 0.3 is 6.09 Å². The number of likely N-dealkylation sites (tertiary alicyclic amines) is 1. The summed E-state index contributed by atoms with van der Waals surface area (Å²) in [7, 11) is 0. The standard InChI is InChI=1S/C28H33N3O5/c1-28(2,3)35-27(33)31-14-12-19(13-15-31)6-11-25-23-10-7-21(24(17-32)26(23)36-30-25)18-34-22-8-4-20(16-29)5-9-22/h4-5,7-10,19,32H,6,11-15,17-18H2,1-3H3. The maximum absolute atomic E-state index is 12.3. The highest BCUT2D eigenvalue weighted by atomic mass is 16.6. The topological polar surface area (TPSA) is 109 Å². The number of hydrogen-bond acceptors (Lipinski definition) is 7. The minimum absolute atomic E-state index is 0.179. The van der Waals surface area contributed by atoms with Gasteiger partial charge in [0.05, 0.1) is 23.9 Å². The van der Waals surface area contributed by atoms with Gasteiger partial charge in [-0.3, -0.25) is 0 Å². The van der Waals surface area contributed by atoms with Crippen LogP contribution in [0.1, 0.15) is 62.4 Å². The van der Waals surface area contributed by atoms with E-state index in [2.05, 4.69) is 11.2 Å². The van der Waals surface area contributed by atoms with Crippen LogP contribution in [0.4, 0.5) is 4.79 Å². The lowest BCUT2D eigenvalue weighted by Crippen LogP contribution is -2.41. The summed E-state index contributed by atoms with van der Waals surface area (Å²) in [6.45, 7) is 7.15. The SMILES string of the molecule is CC(C)(C)OC(=O)N1CCC(CCc2noc3c(CO)c(COc4ccc(C#N)cc4)ccc23)CC1. The first kappa shape index (κ1) is 25.5. The Bertz CT molecular complexity index is 1230. The second kappa shape index (κ2) is 11.0.